The number of ether oxygens (including phenoxy) is 2. The van der Waals surface area contributed by atoms with Crippen LogP contribution >= 0.6 is 15.9 Å². The van der Waals surface area contributed by atoms with Crippen molar-refractivity contribution in [3.63, 3.8) is 0 Å². The molecule has 0 radical (unpaired) electrons. The molecule has 0 aliphatic rings. The van der Waals surface area contributed by atoms with Gasteiger partial charge < -0.3 is 9.47 Å². The molecule has 3 aromatic rings. The van der Waals surface area contributed by atoms with Gasteiger partial charge in [0.25, 0.3) is 10.0 Å². The number of nitrogens with zero attached hydrogens (tertiary/aromatic N) is 1. The largest absolute Gasteiger partial charge is 0.487 e. The summed E-state index contributed by atoms with van der Waals surface area (Å²) in [6.45, 7) is -0.0109. The van der Waals surface area contributed by atoms with Crippen molar-refractivity contribution in [1.82, 2.24) is 0 Å². The summed E-state index contributed by atoms with van der Waals surface area (Å²) in [6, 6.07) is 17.0. The maximum Gasteiger partial charge on any atom is 0.310 e. The minimum absolute atomic E-state index is 0.0109. The van der Waals surface area contributed by atoms with Gasteiger partial charge in [0.1, 0.15) is 23.1 Å². The number of hydrogen-bond donors (Lipinski definition) is 0. The van der Waals surface area contributed by atoms with Gasteiger partial charge in [0.15, 0.2) is 0 Å². The molecule has 168 valence electrons. The summed E-state index contributed by atoms with van der Waals surface area (Å²) in [7, 11) is -1.34. The number of hydrogen-bond acceptors (Lipinski definition) is 5. The molecule has 32 heavy (non-hydrogen) atoms. The average Bonchev–Trinajstić information content (AvgIpc) is 2.79. The quantitative estimate of drug-likeness (QED) is 0.401. The summed E-state index contributed by atoms with van der Waals surface area (Å²) in [6.07, 6.45) is -0.166. The number of halogens is 2. The molecule has 9 heteroatoms. The van der Waals surface area contributed by atoms with Gasteiger partial charge in [-0.1, -0.05) is 40.2 Å². The van der Waals surface area contributed by atoms with Crippen molar-refractivity contribution < 1.29 is 27.1 Å². The molecule has 0 aromatic heterocycles. The van der Waals surface area contributed by atoms with E-state index in [-0.39, 0.29) is 29.5 Å². The van der Waals surface area contributed by atoms with Crippen molar-refractivity contribution in [3.8, 4) is 5.75 Å². The number of sulfonamides is 1. The summed E-state index contributed by atoms with van der Waals surface area (Å²) in [5.41, 5.74) is 1.46. The van der Waals surface area contributed by atoms with E-state index in [0.29, 0.717) is 16.8 Å². The second-order valence-corrected chi connectivity index (χ2v) is 9.71. The number of anilines is 1. The summed E-state index contributed by atoms with van der Waals surface area (Å²) in [4.78, 5) is 11.8. The number of para-hydroxylation sites is 1. The zero-order chi connectivity index (χ0) is 23.3. The van der Waals surface area contributed by atoms with Crippen LogP contribution in [-0.2, 0) is 32.6 Å². The Morgan fingerprint density at radius 3 is 2.31 bits per heavy atom. The summed E-state index contributed by atoms with van der Waals surface area (Å²) in [5.74, 6) is -0.877. The van der Waals surface area contributed by atoms with Crippen molar-refractivity contribution in [2.75, 3.05) is 18.5 Å². The third kappa shape index (κ3) is 5.46. The van der Waals surface area contributed by atoms with Crippen LogP contribution < -0.4 is 9.04 Å². The molecule has 0 unspecified atom stereocenters. The van der Waals surface area contributed by atoms with Crippen LogP contribution in [0.25, 0.3) is 0 Å². The zero-order valence-corrected chi connectivity index (χ0v) is 19.8. The van der Waals surface area contributed by atoms with Crippen LogP contribution in [0.15, 0.2) is 76.1 Å². The number of methoxy groups -OCH3 is 1. The van der Waals surface area contributed by atoms with E-state index in [0.717, 1.165) is 8.78 Å². The highest BCUT2D eigenvalue weighted by Crippen LogP contribution is 2.33. The highest BCUT2D eigenvalue weighted by molar-refractivity contribution is 9.10. The van der Waals surface area contributed by atoms with Gasteiger partial charge in [-0.15, -0.1) is 0 Å². The lowest BCUT2D eigenvalue weighted by Gasteiger charge is -2.22. The highest BCUT2D eigenvalue weighted by atomic mass is 79.9. The molecule has 0 N–H and O–H groups in total. The lowest BCUT2D eigenvalue weighted by atomic mass is 10.1. The van der Waals surface area contributed by atoms with Gasteiger partial charge in [0, 0.05) is 17.1 Å². The summed E-state index contributed by atoms with van der Waals surface area (Å²) >= 11 is 3.33. The van der Waals surface area contributed by atoms with Gasteiger partial charge in [-0.25, -0.2) is 12.8 Å². The number of carbonyl (C=O) groups is 1. The molecule has 0 saturated heterocycles. The van der Waals surface area contributed by atoms with E-state index < -0.39 is 16.0 Å². The molecule has 0 atom stereocenters. The fourth-order valence-electron chi connectivity index (χ4n) is 2.97. The van der Waals surface area contributed by atoms with Crippen LogP contribution in [0.2, 0.25) is 0 Å². The van der Waals surface area contributed by atoms with Crippen LogP contribution in [0.5, 0.6) is 5.75 Å². The number of benzene rings is 3. The predicted octanol–water partition coefficient (Wildman–Crippen LogP) is 4.71. The van der Waals surface area contributed by atoms with E-state index in [1.54, 1.807) is 48.5 Å². The van der Waals surface area contributed by atoms with E-state index in [9.17, 15) is 17.6 Å². The molecular weight excluding hydrogens is 501 g/mol. The molecule has 0 amide bonds. The molecule has 0 saturated carbocycles. The predicted molar refractivity (Wildman–Crippen MR) is 123 cm³/mol. The van der Waals surface area contributed by atoms with Gasteiger partial charge in [-0.05, 0) is 48.0 Å². The standard InChI is InChI=1S/C23H21BrFNO5S/c1-26(20-12-8-18(24)9-13-20)32(28,29)21-5-3-4-17(14-22(27)30-2)23(21)31-15-16-6-10-19(25)11-7-16/h3-13H,14-15H2,1-2H3. The monoisotopic (exact) mass is 521 g/mol. The number of rotatable bonds is 8. The van der Waals surface area contributed by atoms with Crippen LogP contribution in [0.3, 0.4) is 0 Å². The minimum Gasteiger partial charge on any atom is -0.487 e. The topological polar surface area (TPSA) is 72.9 Å². The first-order valence-corrected chi connectivity index (χ1v) is 11.8. The maximum atomic E-state index is 13.5. The Labute approximate surface area is 194 Å². The van der Waals surface area contributed by atoms with Gasteiger partial charge in [0.05, 0.1) is 19.2 Å². The Bertz CT molecular complexity index is 1200. The van der Waals surface area contributed by atoms with Gasteiger partial charge in [0.2, 0.25) is 0 Å². The van der Waals surface area contributed by atoms with E-state index in [1.807, 2.05) is 0 Å². The first kappa shape index (κ1) is 23.7. The molecule has 0 aliphatic heterocycles. The molecule has 0 aliphatic carbocycles. The van der Waals surface area contributed by atoms with Crippen LogP contribution in [0.1, 0.15) is 11.1 Å². The average molecular weight is 522 g/mol. The van der Waals surface area contributed by atoms with Gasteiger partial charge >= 0.3 is 5.97 Å². The van der Waals surface area contributed by atoms with Crippen molar-refractivity contribution in [1.29, 1.82) is 0 Å². The highest BCUT2D eigenvalue weighted by Gasteiger charge is 2.28. The van der Waals surface area contributed by atoms with Crippen molar-refractivity contribution >= 4 is 37.6 Å². The van der Waals surface area contributed by atoms with Crippen LogP contribution in [0, 0.1) is 5.82 Å². The van der Waals surface area contributed by atoms with E-state index >= 15 is 0 Å². The Morgan fingerprint density at radius 2 is 1.69 bits per heavy atom. The Kier molecular flexibility index (Phi) is 7.52. The normalized spacial score (nSPS) is 11.1. The molecule has 0 heterocycles. The lowest BCUT2D eigenvalue weighted by molar-refractivity contribution is -0.139. The second-order valence-electron chi connectivity index (χ2n) is 6.86. The second kappa shape index (κ2) is 10.1. The van der Waals surface area contributed by atoms with E-state index in [1.165, 1.54) is 32.4 Å². The van der Waals surface area contributed by atoms with Crippen molar-refractivity contribution in [3.05, 3.63) is 88.1 Å². The SMILES string of the molecule is COC(=O)Cc1cccc(S(=O)(=O)N(C)c2ccc(Br)cc2)c1OCc1ccc(F)cc1. The lowest BCUT2D eigenvalue weighted by Crippen LogP contribution is -2.27. The van der Waals surface area contributed by atoms with E-state index in [2.05, 4.69) is 15.9 Å². The smallest absolute Gasteiger partial charge is 0.310 e. The molecule has 0 fully saturated rings. The molecule has 6 nitrogen and oxygen atoms in total. The summed E-state index contributed by atoms with van der Waals surface area (Å²) in [5, 5.41) is 0. The fraction of sp³-hybridized carbons (Fsp3) is 0.174. The zero-order valence-electron chi connectivity index (χ0n) is 17.4. The molecule has 0 bridgehead atoms. The van der Waals surface area contributed by atoms with Crippen molar-refractivity contribution in [2.45, 2.75) is 17.9 Å². The van der Waals surface area contributed by atoms with Crippen LogP contribution in [0.4, 0.5) is 10.1 Å². The third-order valence-electron chi connectivity index (χ3n) is 4.75. The molecular formula is C23H21BrFNO5S. The molecule has 3 rings (SSSR count). The first-order chi connectivity index (χ1) is 15.2. The molecule has 3 aromatic carbocycles. The Balaban J connectivity index is 2.02. The number of esters is 1. The Hall–Kier alpha value is -2.91. The summed E-state index contributed by atoms with van der Waals surface area (Å²) < 4.78 is 52.7. The number of carbonyl (C=O) groups excluding carboxylic acids is 1. The fourth-order valence-corrected chi connectivity index (χ4v) is 4.60. The Morgan fingerprint density at radius 1 is 1.03 bits per heavy atom. The van der Waals surface area contributed by atoms with Gasteiger partial charge in [-0.2, -0.15) is 0 Å². The third-order valence-corrected chi connectivity index (χ3v) is 7.09. The van der Waals surface area contributed by atoms with Gasteiger partial charge in [-0.3, -0.25) is 9.10 Å². The minimum atomic E-state index is -4.03. The van der Waals surface area contributed by atoms with E-state index in [4.69, 9.17) is 9.47 Å². The molecule has 0 spiro atoms. The van der Waals surface area contributed by atoms with Crippen LogP contribution in [-0.4, -0.2) is 28.5 Å². The first-order valence-electron chi connectivity index (χ1n) is 9.53. The van der Waals surface area contributed by atoms with Crippen molar-refractivity contribution in [2.24, 2.45) is 0 Å². The maximum absolute atomic E-state index is 13.5.